The summed E-state index contributed by atoms with van der Waals surface area (Å²) in [5, 5.41) is 8.07. The van der Waals surface area contributed by atoms with Gasteiger partial charge in [0.25, 0.3) is 0 Å². The predicted molar refractivity (Wildman–Crippen MR) is 207 cm³/mol. The van der Waals surface area contributed by atoms with E-state index in [0.29, 0.717) is 0 Å². The van der Waals surface area contributed by atoms with Crippen LogP contribution < -0.4 is 0 Å². The fraction of sp³-hybridized carbons (Fsp3) is 0. The largest absolute Gasteiger partial charge is 0.254 e. The van der Waals surface area contributed by atoms with Crippen molar-refractivity contribution in [2.45, 2.75) is 0 Å². The lowest BCUT2D eigenvalue weighted by molar-refractivity contribution is 1.37. The van der Waals surface area contributed by atoms with Gasteiger partial charge in [-0.1, -0.05) is 103 Å². The van der Waals surface area contributed by atoms with E-state index < -0.39 is 0 Å². The van der Waals surface area contributed by atoms with E-state index in [1.165, 1.54) is 42.9 Å². The van der Waals surface area contributed by atoms with Crippen molar-refractivity contribution >= 4 is 64.9 Å². The van der Waals surface area contributed by atoms with Crippen molar-refractivity contribution in [1.82, 2.24) is 15.0 Å². The minimum absolute atomic E-state index is 0.908. The molecule has 0 radical (unpaired) electrons. The molecule has 0 spiro atoms. The summed E-state index contributed by atoms with van der Waals surface area (Å²) >= 11 is 1.74. The standard InChI is InChI=1S/C45H27N3S/c1-2-12-28(13-3-1)41-33-15-4-6-17-35(33)42(36-18-7-5-16-34(36)41)31-24-30(25-32(26-31)45-48-39-20-8-9-21-40(39)49-45)38-27-29-14-10-22-46-43(29)44-37(38)19-11-23-47-44/h1-27H. The molecule has 10 aromatic rings. The molecule has 0 unspecified atom stereocenters. The van der Waals surface area contributed by atoms with Crippen LogP contribution in [-0.2, 0) is 0 Å². The molecule has 7 aromatic carbocycles. The first kappa shape index (κ1) is 27.8. The van der Waals surface area contributed by atoms with E-state index in [0.717, 1.165) is 54.6 Å². The Kier molecular flexibility index (Phi) is 6.36. The monoisotopic (exact) mass is 641 g/mol. The van der Waals surface area contributed by atoms with Gasteiger partial charge in [0, 0.05) is 28.7 Å². The van der Waals surface area contributed by atoms with Crippen LogP contribution in [0, 0.1) is 0 Å². The molecule has 0 aliphatic heterocycles. The van der Waals surface area contributed by atoms with Gasteiger partial charge in [-0.2, -0.15) is 0 Å². The molecule has 0 atom stereocenters. The molecule has 10 rings (SSSR count). The van der Waals surface area contributed by atoms with Gasteiger partial charge in [-0.3, -0.25) is 9.97 Å². The number of nitrogens with zero attached hydrogens (tertiary/aromatic N) is 3. The highest BCUT2D eigenvalue weighted by Crippen LogP contribution is 2.46. The van der Waals surface area contributed by atoms with Crippen molar-refractivity contribution in [3.63, 3.8) is 0 Å². The Hall–Kier alpha value is -6.23. The van der Waals surface area contributed by atoms with E-state index in [9.17, 15) is 0 Å². The second kappa shape index (κ2) is 11.2. The van der Waals surface area contributed by atoms with Crippen molar-refractivity contribution in [1.29, 1.82) is 0 Å². The molecule has 0 saturated heterocycles. The minimum Gasteiger partial charge on any atom is -0.254 e. The zero-order valence-corrected chi connectivity index (χ0v) is 27.2. The lowest BCUT2D eigenvalue weighted by Crippen LogP contribution is -1.93. The number of hydrogen-bond donors (Lipinski definition) is 0. The Morgan fingerprint density at radius 1 is 0.408 bits per heavy atom. The number of fused-ring (bicyclic) bond motifs is 6. The third kappa shape index (κ3) is 4.53. The maximum Gasteiger partial charge on any atom is 0.124 e. The molecule has 0 bridgehead atoms. The lowest BCUT2D eigenvalue weighted by atomic mass is 9.84. The second-order valence-corrected chi connectivity index (χ2v) is 13.4. The molecule has 0 aliphatic rings. The number of thiazole rings is 1. The van der Waals surface area contributed by atoms with Gasteiger partial charge in [0.2, 0.25) is 0 Å². The van der Waals surface area contributed by atoms with Crippen LogP contribution in [0.1, 0.15) is 0 Å². The number of hydrogen-bond acceptors (Lipinski definition) is 4. The Bertz CT molecular complexity index is 2800. The highest BCUT2D eigenvalue weighted by Gasteiger charge is 2.20. The van der Waals surface area contributed by atoms with E-state index in [4.69, 9.17) is 15.0 Å². The fourth-order valence-electron chi connectivity index (χ4n) is 7.42. The van der Waals surface area contributed by atoms with Crippen LogP contribution in [0.3, 0.4) is 0 Å². The van der Waals surface area contributed by atoms with Gasteiger partial charge in [-0.05, 0) is 103 Å². The number of benzene rings is 7. The summed E-state index contributed by atoms with van der Waals surface area (Å²) < 4.78 is 1.18. The molecule has 3 heterocycles. The van der Waals surface area contributed by atoms with Crippen molar-refractivity contribution in [2.75, 3.05) is 0 Å². The van der Waals surface area contributed by atoms with Crippen LogP contribution in [-0.4, -0.2) is 15.0 Å². The molecule has 0 saturated carbocycles. The second-order valence-electron chi connectivity index (χ2n) is 12.4. The zero-order chi connectivity index (χ0) is 32.3. The maximum atomic E-state index is 5.14. The molecule has 0 N–H and O–H groups in total. The van der Waals surface area contributed by atoms with E-state index in [2.05, 4.69) is 140 Å². The van der Waals surface area contributed by atoms with Gasteiger partial charge in [-0.15, -0.1) is 11.3 Å². The quantitative estimate of drug-likeness (QED) is 0.142. The predicted octanol–water partition coefficient (Wildman–Crippen LogP) is 12.4. The van der Waals surface area contributed by atoms with Gasteiger partial charge in [0.1, 0.15) is 5.01 Å². The average molecular weight is 642 g/mol. The van der Waals surface area contributed by atoms with E-state index >= 15 is 0 Å². The third-order valence-corrected chi connectivity index (χ3v) is 10.6. The molecule has 0 fully saturated rings. The number of aromatic nitrogens is 3. The van der Waals surface area contributed by atoms with Crippen LogP contribution in [0.5, 0.6) is 0 Å². The smallest absolute Gasteiger partial charge is 0.124 e. The van der Waals surface area contributed by atoms with Crippen LogP contribution in [0.25, 0.3) is 97.5 Å². The van der Waals surface area contributed by atoms with E-state index in [1.54, 1.807) is 11.3 Å². The molecule has 3 aromatic heterocycles. The summed E-state index contributed by atoms with van der Waals surface area (Å²) in [6.07, 6.45) is 3.70. The van der Waals surface area contributed by atoms with Gasteiger partial charge < -0.3 is 0 Å². The fourth-order valence-corrected chi connectivity index (χ4v) is 8.37. The van der Waals surface area contributed by atoms with E-state index in [1.807, 2.05) is 24.5 Å². The number of pyridine rings is 2. The summed E-state index contributed by atoms with van der Waals surface area (Å²) in [7, 11) is 0. The van der Waals surface area contributed by atoms with Gasteiger partial charge in [-0.25, -0.2) is 4.98 Å². The Labute approximate surface area is 286 Å². The maximum absolute atomic E-state index is 5.14. The first-order valence-electron chi connectivity index (χ1n) is 16.4. The van der Waals surface area contributed by atoms with E-state index in [-0.39, 0.29) is 0 Å². The normalized spacial score (nSPS) is 11.7. The SMILES string of the molecule is c1ccc(-c2c3ccccc3c(-c3cc(-c4nc5ccccc5s4)cc(-c4cc5cccnc5c5ncccc45)c3)c3ccccc23)cc1. The first-order chi connectivity index (χ1) is 24.3. The average Bonchev–Trinajstić information content (AvgIpc) is 3.61. The summed E-state index contributed by atoms with van der Waals surface area (Å²) in [4.78, 5) is 14.7. The number of rotatable bonds is 4. The van der Waals surface area contributed by atoms with Crippen molar-refractivity contribution in [3.8, 4) is 44.0 Å². The summed E-state index contributed by atoms with van der Waals surface area (Å²) in [5.74, 6) is 0. The summed E-state index contributed by atoms with van der Waals surface area (Å²) in [6.45, 7) is 0. The molecular weight excluding hydrogens is 615 g/mol. The first-order valence-corrected chi connectivity index (χ1v) is 17.2. The topological polar surface area (TPSA) is 38.7 Å². The molecule has 0 aliphatic carbocycles. The number of para-hydroxylation sites is 1. The Balaban J connectivity index is 1.33. The van der Waals surface area contributed by atoms with Crippen molar-refractivity contribution < 1.29 is 0 Å². The summed E-state index contributed by atoms with van der Waals surface area (Å²) in [5.41, 5.74) is 11.0. The molecule has 4 heteroatoms. The van der Waals surface area contributed by atoms with Crippen molar-refractivity contribution in [2.24, 2.45) is 0 Å². The highest BCUT2D eigenvalue weighted by molar-refractivity contribution is 7.21. The van der Waals surface area contributed by atoms with Crippen molar-refractivity contribution in [3.05, 3.63) is 164 Å². The van der Waals surface area contributed by atoms with Gasteiger partial charge in [0.05, 0.1) is 21.3 Å². The van der Waals surface area contributed by atoms with Crippen LogP contribution in [0.15, 0.2) is 164 Å². The van der Waals surface area contributed by atoms with Crippen LogP contribution in [0.2, 0.25) is 0 Å². The molecule has 0 amide bonds. The Morgan fingerprint density at radius 3 is 1.71 bits per heavy atom. The third-order valence-electron chi connectivity index (χ3n) is 9.53. The molecule has 49 heavy (non-hydrogen) atoms. The molecule has 3 nitrogen and oxygen atoms in total. The van der Waals surface area contributed by atoms with Gasteiger partial charge >= 0.3 is 0 Å². The highest BCUT2D eigenvalue weighted by atomic mass is 32.1. The van der Waals surface area contributed by atoms with Crippen LogP contribution in [0.4, 0.5) is 0 Å². The van der Waals surface area contributed by atoms with Gasteiger partial charge in [0.15, 0.2) is 0 Å². The Morgan fingerprint density at radius 2 is 0.980 bits per heavy atom. The minimum atomic E-state index is 0.908. The molecular formula is C45H27N3S. The lowest BCUT2D eigenvalue weighted by Gasteiger charge is -2.19. The van der Waals surface area contributed by atoms with Crippen LogP contribution >= 0.6 is 11.3 Å². The summed E-state index contributed by atoms with van der Waals surface area (Å²) in [6, 6.07) is 54.4. The molecule has 228 valence electrons. The zero-order valence-electron chi connectivity index (χ0n) is 26.3.